The highest BCUT2D eigenvalue weighted by atomic mass is 16.6. The van der Waals surface area contributed by atoms with E-state index in [-0.39, 0.29) is 30.2 Å². The number of rotatable bonds is 10. The Morgan fingerprint density at radius 2 is 1.93 bits per heavy atom. The SMILES string of the molecule is CCOc1cc([N+](=O)[O-])cc(C=NNC(=O)COc2ccc([C@@H](C)CC)cc2)c1[O-]. The molecular weight excluding hydrogens is 390 g/mol. The lowest BCUT2D eigenvalue weighted by atomic mass is 9.99. The van der Waals surface area contributed by atoms with E-state index in [1.165, 1.54) is 5.56 Å². The van der Waals surface area contributed by atoms with Crippen LogP contribution in [0.5, 0.6) is 17.2 Å². The summed E-state index contributed by atoms with van der Waals surface area (Å²) in [6.45, 7) is 5.81. The average molecular weight is 414 g/mol. The fraction of sp³-hybridized carbons (Fsp3) is 0.333. The smallest absolute Gasteiger partial charge is 0.277 e. The number of hydrazone groups is 1. The fourth-order valence-electron chi connectivity index (χ4n) is 2.56. The van der Waals surface area contributed by atoms with Crippen LogP contribution in [-0.4, -0.2) is 30.3 Å². The number of benzene rings is 2. The maximum absolute atomic E-state index is 12.2. The minimum absolute atomic E-state index is 0.0745. The van der Waals surface area contributed by atoms with E-state index in [0.717, 1.165) is 24.8 Å². The number of nitro groups is 1. The molecule has 0 saturated carbocycles. The fourth-order valence-corrected chi connectivity index (χ4v) is 2.56. The van der Waals surface area contributed by atoms with Crippen molar-refractivity contribution in [2.45, 2.75) is 33.1 Å². The van der Waals surface area contributed by atoms with Crippen molar-refractivity contribution in [3.8, 4) is 17.2 Å². The molecule has 30 heavy (non-hydrogen) atoms. The van der Waals surface area contributed by atoms with Gasteiger partial charge in [0.1, 0.15) is 11.5 Å². The van der Waals surface area contributed by atoms with Gasteiger partial charge in [0.05, 0.1) is 23.8 Å². The number of non-ortho nitro benzene ring substituents is 1. The monoisotopic (exact) mass is 414 g/mol. The molecule has 0 spiro atoms. The number of hydrogen-bond donors (Lipinski definition) is 1. The number of carbonyl (C=O) groups is 1. The van der Waals surface area contributed by atoms with Gasteiger partial charge in [0.2, 0.25) is 0 Å². The van der Waals surface area contributed by atoms with Crippen LogP contribution in [0, 0.1) is 10.1 Å². The molecule has 2 aromatic carbocycles. The highest BCUT2D eigenvalue weighted by molar-refractivity contribution is 5.87. The molecule has 2 aromatic rings. The molecular formula is C21H24N3O6-. The van der Waals surface area contributed by atoms with Gasteiger partial charge < -0.3 is 14.6 Å². The molecule has 1 amide bonds. The Morgan fingerprint density at radius 3 is 2.53 bits per heavy atom. The van der Waals surface area contributed by atoms with E-state index in [1.807, 2.05) is 12.1 Å². The van der Waals surface area contributed by atoms with E-state index < -0.39 is 16.6 Å². The van der Waals surface area contributed by atoms with Gasteiger partial charge in [-0.15, -0.1) is 0 Å². The summed E-state index contributed by atoms with van der Waals surface area (Å²) in [5, 5.41) is 26.9. The molecule has 0 aliphatic carbocycles. The van der Waals surface area contributed by atoms with Crippen molar-refractivity contribution in [1.82, 2.24) is 5.43 Å². The third kappa shape index (κ3) is 6.20. The zero-order valence-corrected chi connectivity index (χ0v) is 17.1. The molecule has 9 nitrogen and oxygen atoms in total. The van der Waals surface area contributed by atoms with Crippen molar-refractivity contribution in [3.05, 3.63) is 57.6 Å². The number of amides is 1. The Labute approximate surface area is 174 Å². The van der Waals surface area contributed by atoms with E-state index in [4.69, 9.17) is 9.47 Å². The van der Waals surface area contributed by atoms with Gasteiger partial charge in [-0.25, -0.2) is 5.43 Å². The number of nitro benzene ring substituents is 1. The molecule has 0 radical (unpaired) electrons. The Balaban J connectivity index is 1.96. The van der Waals surface area contributed by atoms with Crippen LogP contribution in [0.2, 0.25) is 0 Å². The third-order valence-electron chi connectivity index (χ3n) is 4.40. The summed E-state index contributed by atoms with van der Waals surface area (Å²) >= 11 is 0. The second-order valence-electron chi connectivity index (χ2n) is 6.51. The van der Waals surface area contributed by atoms with Crippen LogP contribution >= 0.6 is 0 Å². The van der Waals surface area contributed by atoms with Crippen LogP contribution in [0.4, 0.5) is 5.69 Å². The molecule has 0 aliphatic rings. The van der Waals surface area contributed by atoms with Gasteiger partial charge in [0.15, 0.2) is 6.61 Å². The number of ether oxygens (including phenoxy) is 2. The molecule has 0 aromatic heterocycles. The number of carbonyl (C=O) groups excluding carboxylic acids is 1. The quantitative estimate of drug-likeness (QED) is 0.362. The second-order valence-corrected chi connectivity index (χ2v) is 6.51. The van der Waals surface area contributed by atoms with Gasteiger partial charge in [-0.3, -0.25) is 14.9 Å². The maximum atomic E-state index is 12.2. The summed E-state index contributed by atoms with van der Waals surface area (Å²) in [6, 6.07) is 9.61. The first-order valence-electron chi connectivity index (χ1n) is 9.52. The highest BCUT2D eigenvalue weighted by Crippen LogP contribution is 2.31. The minimum atomic E-state index is -0.641. The van der Waals surface area contributed by atoms with Crippen LogP contribution in [-0.2, 0) is 4.79 Å². The van der Waals surface area contributed by atoms with Crippen molar-refractivity contribution < 1.29 is 24.3 Å². The Morgan fingerprint density at radius 1 is 1.23 bits per heavy atom. The largest absolute Gasteiger partial charge is 0.870 e. The van der Waals surface area contributed by atoms with Crippen LogP contribution in [0.3, 0.4) is 0 Å². The van der Waals surface area contributed by atoms with Crippen molar-refractivity contribution in [1.29, 1.82) is 0 Å². The Bertz CT molecular complexity index is 912. The lowest BCUT2D eigenvalue weighted by molar-refractivity contribution is -0.385. The summed E-state index contributed by atoms with van der Waals surface area (Å²) in [6.07, 6.45) is 2.07. The van der Waals surface area contributed by atoms with Crippen LogP contribution in [0.1, 0.15) is 44.2 Å². The van der Waals surface area contributed by atoms with Crippen LogP contribution < -0.4 is 20.0 Å². The van der Waals surface area contributed by atoms with Gasteiger partial charge in [0, 0.05) is 6.07 Å². The van der Waals surface area contributed by atoms with Gasteiger partial charge in [-0.2, -0.15) is 5.10 Å². The molecule has 160 valence electrons. The normalized spacial score (nSPS) is 11.8. The molecule has 0 fully saturated rings. The topological polar surface area (TPSA) is 126 Å². The maximum Gasteiger partial charge on any atom is 0.277 e. The molecule has 1 atom stereocenters. The summed E-state index contributed by atoms with van der Waals surface area (Å²) in [5.74, 6) is -0.260. The van der Waals surface area contributed by atoms with Crippen molar-refractivity contribution in [2.24, 2.45) is 5.10 Å². The summed E-state index contributed by atoms with van der Waals surface area (Å²) in [7, 11) is 0. The van der Waals surface area contributed by atoms with E-state index in [9.17, 15) is 20.0 Å². The van der Waals surface area contributed by atoms with Crippen molar-refractivity contribution in [2.75, 3.05) is 13.2 Å². The Hall–Kier alpha value is -3.62. The van der Waals surface area contributed by atoms with E-state index in [2.05, 4.69) is 24.4 Å². The molecule has 0 aliphatic heterocycles. The zero-order chi connectivity index (χ0) is 22.1. The molecule has 2 rings (SSSR count). The van der Waals surface area contributed by atoms with Gasteiger partial charge in [-0.05, 0) is 42.5 Å². The summed E-state index contributed by atoms with van der Waals surface area (Å²) in [5.41, 5.74) is 3.03. The molecule has 9 heteroatoms. The standard InChI is InChI=1S/C21H25N3O6/c1-4-14(3)15-6-8-18(9-7-15)30-13-20(25)23-22-12-16-10-17(24(27)28)11-19(21(16)26)29-5-2/h6-12,14,26H,4-5,13H2,1-3H3,(H,23,25)/p-1/t14-/m0/s1. The minimum Gasteiger partial charge on any atom is -0.870 e. The lowest BCUT2D eigenvalue weighted by Crippen LogP contribution is -2.24. The molecule has 0 bridgehead atoms. The van der Waals surface area contributed by atoms with Crippen molar-refractivity contribution in [3.63, 3.8) is 0 Å². The predicted octanol–water partition coefficient (Wildman–Crippen LogP) is 3.11. The lowest BCUT2D eigenvalue weighted by Gasteiger charge is -2.16. The molecule has 0 saturated heterocycles. The number of nitrogens with one attached hydrogen (secondary N) is 1. The number of hydrogen-bond acceptors (Lipinski definition) is 7. The predicted molar refractivity (Wildman–Crippen MR) is 110 cm³/mol. The van der Waals surface area contributed by atoms with Crippen molar-refractivity contribution >= 4 is 17.8 Å². The zero-order valence-electron chi connectivity index (χ0n) is 17.1. The molecule has 0 heterocycles. The first-order valence-corrected chi connectivity index (χ1v) is 9.52. The van der Waals surface area contributed by atoms with Crippen LogP contribution in [0.25, 0.3) is 0 Å². The van der Waals surface area contributed by atoms with E-state index in [1.54, 1.807) is 19.1 Å². The van der Waals surface area contributed by atoms with E-state index in [0.29, 0.717) is 11.7 Å². The second kappa shape index (κ2) is 10.8. The summed E-state index contributed by atoms with van der Waals surface area (Å²) < 4.78 is 10.5. The van der Waals surface area contributed by atoms with Crippen LogP contribution in [0.15, 0.2) is 41.5 Å². The summed E-state index contributed by atoms with van der Waals surface area (Å²) in [4.78, 5) is 22.3. The Kier molecular flexibility index (Phi) is 8.16. The van der Waals surface area contributed by atoms with Gasteiger partial charge in [0.25, 0.3) is 11.6 Å². The van der Waals surface area contributed by atoms with E-state index >= 15 is 0 Å². The highest BCUT2D eigenvalue weighted by Gasteiger charge is 2.12. The number of nitrogens with zero attached hydrogens (tertiary/aromatic N) is 2. The average Bonchev–Trinajstić information content (AvgIpc) is 2.74. The van der Waals surface area contributed by atoms with Gasteiger partial charge in [-0.1, -0.05) is 31.7 Å². The molecule has 1 N–H and O–H groups in total. The third-order valence-corrected chi connectivity index (χ3v) is 4.40. The van der Waals surface area contributed by atoms with Gasteiger partial charge >= 0.3 is 0 Å². The first-order chi connectivity index (χ1) is 14.3. The molecule has 0 unspecified atom stereocenters. The first kappa shape index (κ1) is 22.7.